The van der Waals surface area contributed by atoms with Crippen LogP contribution in [0, 0.1) is 0 Å². The van der Waals surface area contributed by atoms with Gasteiger partial charge in [0.25, 0.3) is 0 Å². The van der Waals surface area contributed by atoms with Gasteiger partial charge in [0.05, 0.1) is 19.2 Å². The summed E-state index contributed by atoms with van der Waals surface area (Å²) in [5.74, 6) is -0.239. The van der Waals surface area contributed by atoms with Gasteiger partial charge in [-0.05, 0) is 31.6 Å². The maximum Gasteiger partial charge on any atom is 0.245 e. The molecule has 6 aromatic rings. The van der Waals surface area contributed by atoms with Crippen molar-refractivity contribution in [1.29, 1.82) is 0 Å². The van der Waals surface area contributed by atoms with Gasteiger partial charge in [-0.3, -0.25) is 9.59 Å². The Balaban J connectivity index is 1.27. The number of ketones is 1. The molecular weight excluding hydrogens is 568 g/mol. The van der Waals surface area contributed by atoms with Crippen LogP contribution in [0.15, 0.2) is 139 Å². The third kappa shape index (κ3) is 5.94. The number of fused-ring (bicyclic) bond motifs is 1. The molecule has 230 valence electrons. The number of para-hydroxylation sites is 1. The quantitative estimate of drug-likeness (QED) is 0.0746. The number of nitrogens with one attached hydrogen (secondary N) is 2. The number of carbonyl (C=O) groups is 2. The van der Waals surface area contributed by atoms with Crippen LogP contribution in [0.1, 0.15) is 52.3 Å². The molecule has 6 nitrogen and oxygen atoms in total. The average molecular weight is 608 g/mol. The predicted molar refractivity (Wildman–Crippen MR) is 183 cm³/mol. The molecule has 2 N–H and O–H groups in total. The molecule has 0 fully saturated rings. The van der Waals surface area contributed by atoms with Crippen LogP contribution in [0.5, 0.6) is 0 Å². The standard InChI is InChI=1S/C40H38N4O2/c1-29(2)25-37(45)39-35(34-21-13-14-22-36(34)42-39)26-38(46)41-24-23-33-27-44(28-43(33)3)40(30-15-7-4-8-16-30,31-17-9-5-10-18-31)32-19-11-6-12-20-32/h4-22,25,27-28H,23-24,26H2,1-3H3,(H-,41,42,45,46)/p+1. The van der Waals surface area contributed by atoms with Crippen LogP contribution in [0.2, 0.25) is 0 Å². The molecule has 0 aliphatic rings. The number of nitrogens with zero attached hydrogens (tertiary/aromatic N) is 2. The molecule has 0 bridgehead atoms. The molecule has 1 amide bonds. The number of hydrogen-bond acceptors (Lipinski definition) is 2. The molecule has 0 saturated heterocycles. The lowest BCUT2D eigenvalue weighted by molar-refractivity contribution is -0.734. The van der Waals surface area contributed by atoms with Crippen molar-refractivity contribution in [1.82, 2.24) is 14.9 Å². The molecule has 0 atom stereocenters. The van der Waals surface area contributed by atoms with Crippen LogP contribution in [-0.4, -0.2) is 27.8 Å². The first-order valence-corrected chi connectivity index (χ1v) is 15.7. The van der Waals surface area contributed by atoms with E-state index in [0.717, 1.165) is 44.4 Å². The highest BCUT2D eigenvalue weighted by Crippen LogP contribution is 2.36. The number of rotatable bonds is 11. The van der Waals surface area contributed by atoms with Crippen molar-refractivity contribution >= 4 is 22.6 Å². The number of carbonyl (C=O) groups excluding carboxylic acids is 2. The maximum absolute atomic E-state index is 13.3. The summed E-state index contributed by atoms with van der Waals surface area (Å²) in [5, 5.41) is 4.00. The average Bonchev–Trinajstić information content (AvgIpc) is 3.63. The summed E-state index contributed by atoms with van der Waals surface area (Å²) in [5.41, 5.74) is 6.90. The van der Waals surface area contributed by atoms with E-state index in [1.165, 1.54) is 0 Å². The van der Waals surface area contributed by atoms with E-state index < -0.39 is 5.54 Å². The van der Waals surface area contributed by atoms with Gasteiger partial charge in [0.15, 0.2) is 5.54 Å². The second-order valence-corrected chi connectivity index (χ2v) is 11.9. The minimum Gasteiger partial charge on any atom is -0.355 e. The first-order chi connectivity index (χ1) is 22.4. The highest BCUT2D eigenvalue weighted by Gasteiger charge is 2.43. The van der Waals surface area contributed by atoms with Crippen molar-refractivity contribution in [2.45, 2.75) is 32.2 Å². The van der Waals surface area contributed by atoms with Gasteiger partial charge >= 0.3 is 0 Å². The van der Waals surface area contributed by atoms with Crippen LogP contribution in [0.4, 0.5) is 0 Å². The summed E-state index contributed by atoms with van der Waals surface area (Å²) in [7, 11) is 2.05. The molecule has 0 unspecified atom stereocenters. The van der Waals surface area contributed by atoms with E-state index in [-0.39, 0.29) is 18.1 Å². The van der Waals surface area contributed by atoms with Crippen molar-refractivity contribution in [2.75, 3.05) is 6.54 Å². The molecule has 0 spiro atoms. The fraction of sp³-hybridized carbons (Fsp3) is 0.175. The van der Waals surface area contributed by atoms with Gasteiger partial charge in [0.2, 0.25) is 18.0 Å². The van der Waals surface area contributed by atoms with Crippen molar-refractivity contribution in [3.05, 3.63) is 173 Å². The van der Waals surface area contributed by atoms with Crippen LogP contribution >= 0.6 is 0 Å². The topological polar surface area (TPSA) is 70.8 Å². The summed E-state index contributed by atoms with van der Waals surface area (Å²) in [6, 6.07) is 39.5. The number of H-pyrrole nitrogens is 1. The molecule has 2 heterocycles. The fourth-order valence-corrected chi connectivity index (χ4v) is 6.44. The SMILES string of the molecule is CC(C)=CC(=O)c1[nH]c2ccccc2c1CC(=O)NCCc1c[n+](C(c2ccccc2)(c2ccccc2)c2ccccc2)cn1C. The van der Waals surface area contributed by atoms with Crippen molar-refractivity contribution in [2.24, 2.45) is 7.05 Å². The van der Waals surface area contributed by atoms with Crippen molar-refractivity contribution in [3.63, 3.8) is 0 Å². The molecule has 0 radical (unpaired) electrons. The number of aromatic nitrogens is 3. The predicted octanol–water partition coefficient (Wildman–Crippen LogP) is 6.68. The number of imidazole rings is 1. The van der Waals surface area contributed by atoms with Gasteiger partial charge in [0.1, 0.15) is 11.9 Å². The third-order valence-electron chi connectivity index (χ3n) is 8.52. The number of amides is 1. The van der Waals surface area contributed by atoms with E-state index in [1.807, 2.05) is 63.4 Å². The first-order valence-electron chi connectivity index (χ1n) is 15.7. The van der Waals surface area contributed by atoms with Crippen LogP contribution in [0.25, 0.3) is 10.9 Å². The Kier molecular flexibility index (Phi) is 8.79. The normalized spacial score (nSPS) is 11.4. The second-order valence-electron chi connectivity index (χ2n) is 11.9. The minimum absolute atomic E-state index is 0.119. The summed E-state index contributed by atoms with van der Waals surface area (Å²) in [6.07, 6.45) is 6.69. The largest absolute Gasteiger partial charge is 0.355 e. The van der Waals surface area contributed by atoms with Gasteiger partial charge in [-0.2, -0.15) is 0 Å². The molecule has 4 aromatic carbocycles. The van der Waals surface area contributed by atoms with Crippen LogP contribution in [0.3, 0.4) is 0 Å². The van der Waals surface area contributed by atoms with Gasteiger partial charge in [-0.25, -0.2) is 9.13 Å². The number of hydrogen-bond donors (Lipinski definition) is 2. The summed E-state index contributed by atoms with van der Waals surface area (Å²) in [4.78, 5) is 29.5. The fourth-order valence-electron chi connectivity index (χ4n) is 6.44. The van der Waals surface area contributed by atoms with Crippen LogP contribution < -0.4 is 9.88 Å². The number of aryl methyl sites for hydroxylation is 1. The lowest BCUT2D eigenvalue weighted by atomic mass is 9.77. The van der Waals surface area contributed by atoms with E-state index in [0.29, 0.717) is 18.7 Å². The zero-order chi connectivity index (χ0) is 32.1. The lowest BCUT2D eigenvalue weighted by Crippen LogP contribution is -2.57. The molecule has 6 heteroatoms. The Morgan fingerprint density at radius 2 is 1.35 bits per heavy atom. The van der Waals surface area contributed by atoms with Crippen LogP contribution in [-0.2, 0) is 30.2 Å². The molecule has 0 saturated carbocycles. The van der Waals surface area contributed by atoms with E-state index in [2.05, 4.69) is 105 Å². The maximum atomic E-state index is 13.3. The van der Waals surface area contributed by atoms with Gasteiger partial charge < -0.3 is 10.3 Å². The second kappa shape index (κ2) is 13.2. The molecule has 0 aliphatic carbocycles. The summed E-state index contributed by atoms with van der Waals surface area (Å²) in [6.45, 7) is 4.25. The molecule has 2 aromatic heterocycles. The first kappa shape index (κ1) is 30.5. The molecule has 0 aliphatic heterocycles. The lowest BCUT2D eigenvalue weighted by Gasteiger charge is -2.32. The molecule has 46 heavy (non-hydrogen) atoms. The Hall–Kier alpha value is -5.49. The smallest absolute Gasteiger partial charge is 0.245 e. The van der Waals surface area contributed by atoms with E-state index in [4.69, 9.17) is 0 Å². The number of aromatic amines is 1. The number of benzene rings is 4. The Morgan fingerprint density at radius 1 is 0.804 bits per heavy atom. The van der Waals surface area contributed by atoms with Crippen molar-refractivity contribution < 1.29 is 14.2 Å². The zero-order valence-electron chi connectivity index (χ0n) is 26.5. The summed E-state index contributed by atoms with van der Waals surface area (Å²) >= 11 is 0. The van der Waals surface area contributed by atoms with Gasteiger partial charge in [-0.15, -0.1) is 0 Å². The number of allylic oxidation sites excluding steroid dienone is 2. The van der Waals surface area contributed by atoms with E-state index in [9.17, 15) is 9.59 Å². The highest BCUT2D eigenvalue weighted by atomic mass is 16.1. The van der Waals surface area contributed by atoms with E-state index in [1.54, 1.807) is 6.08 Å². The minimum atomic E-state index is -0.605. The van der Waals surface area contributed by atoms with Gasteiger partial charge in [0, 0.05) is 40.6 Å². The summed E-state index contributed by atoms with van der Waals surface area (Å²) < 4.78 is 4.42. The Bertz CT molecular complexity index is 1900. The van der Waals surface area contributed by atoms with Gasteiger partial charge in [-0.1, -0.05) is 115 Å². The highest BCUT2D eigenvalue weighted by molar-refractivity contribution is 6.09. The molecular formula is C40H39N4O2+. The monoisotopic (exact) mass is 607 g/mol. The third-order valence-corrected chi connectivity index (χ3v) is 8.52. The van der Waals surface area contributed by atoms with Crippen molar-refractivity contribution in [3.8, 4) is 0 Å². The zero-order valence-corrected chi connectivity index (χ0v) is 26.5. The van der Waals surface area contributed by atoms with E-state index >= 15 is 0 Å². The Morgan fingerprint density at radius 3 is 1.91 bits per heavy atom. The Labute approximate surface area is 270 Å². The molecule has 6 rings (SSSR count).